The summed E-state index contributed by atoms with van der Waals surface area (Å²) in [6, 6.07) is 26.5. The molecule has 7 nitrogen and oxygen atoms in total. The van der Waals surface area contributed by atoms with E-state index in [4.69, 9.17) is 17.0 Å². The predicted molar refractivity (Wildman–Crippen MR) is 147 cm³/mol. The van der Waals surface area contributed by atoms with Crippen molar-refractivity contribution < 1.29 is 17.9 Å². The van der Waals surface area contributed by atoms with Crippen LogP contribution in [0.4, 0.5) is 11.4 Å². The van der Waals surface area contributed by atoms with Gasteiger partial charge in [0.25, 0.3) is 10.0 Å². The highest BCUT2D eigenvalue weighted by molar-refractivity contribution is 7.92. The van der Waals surface area contributed by atoms with E-state index in [1.807, 2.05) is 49.4 Å². The third kappa shape index (κ3) is 6.38. The van der Waals surface area contributed by atoms with Crippen LogP contribution < -0.4 is 20.1 Å². The van der Waals surface area contributed by atoms with Gasteiger partial charge in [-0.3, -0.25) is 9.52 Å². The van der Waals surface area contributed by atoms with Gasteiger partial charge in [0, 0.05) is 11.4 Å². The number of sulfonamides is 1. The smallest absolute Gasteiger partial charge is 0.261 e. The number of fused-ring (bicyclic) bond motifs is 1. The van der Waals surface area contributed by atoms with Crippen molar-refractivity contribution in [3.8, 4) is 5.75 Å². The van der Waals surface area contributed by atoms with Gasteiger partial charge in [-0.05, 0) is 84.0 Å². The summed E-state index contributed by atoms with van der Waals surface area (Å²) in [5.41, 5.74) is 1.88. The molecule has 4 rings (SSSR count). The Bertz CT molecular complexity index is 1480. The van der Waals surface area contributed by atoms with Crippen molar-refractivity contribution in [2.24, 2.45) is 0 Å². The molecule has 0 bridgehead atoms. The molecule has 0 spiro atoms. The number of carbonyl (C=O) groups is 1. The molecule has 4 aromatic rings. The van der Waals surface area contributed by atoms with Gasteiger partial charge in [-0.25, -0.2) is 8.42 Å². The van der Waals surface area contributed by atoms with E-state index < -0.39 is 10.0 Å². The lowest BCUT2D eigenvalue weighted by Crippen LogP contribution is -2.35. The van der Waals surface area contributed by atoms with E-state index >= 15 is 0 Å². The molecule has 4 aromatic carbocycles. The summed E-state index contributed by atoms with van der Waals surface area (Å²) < 4.78 is 33.3. The number of amides is 1. The molecular formula is C27H25N3O4S2. The third-order valence-electron chi connectivity index (χ3n) is 5.32. The molecule has 0 heterocycles. The molecule has 0 saturated heterocycles. The van der Waals surface area contributed by atoms with Crippen LogP contribution in [-0.2, 0) is 21.2 Å². The zero-order valence-electron chi connectivity index (χ0n) is 19.5. The van der Waals surface area contributed by atoms with Crippen LogP contribution in [0.5, 0.6) is 5.75 Å². The molecule has 0 saturated carbocycles. The second kappa shape index (κ2) is 11.2. The molecule has 3 N–H and O–H groups in total. The molecule has 184 valence electrons. The molecule has 0 aliphatic heterocycles. The minimum absolute atomic E-state index is 0.0906. The summed E-state index contributed by atoms with van der Waals surface area (Å²) in [5.74, 6) is 0.415. The molecule has 36 heavy (non-hydrogen) atoms. The Morgan fingerprint density at radius 3 is 2.25 bits per heavy atom. The first-order chi connectivity index (χ1) is 17.3. The van der Waals surface area contributed by atoms with Gasteiger partial charge in [-0.15, -0.1) is 0 Å². The molecular weight excluding hydrogens is 494 g/mol. The average molecular weight is 520 g/mol. The van der Waals surface area contributed by atoms with E-state index in [1.165, 1.54) is 12.1 Å². The number of rotatable bonds is 8. The Kier molecular flexibility index (Phi) is 7.82. The van der Waals surface area contributed by atoms with Crippen LogP contribution >= 0.6 is 12.2 Å². The van der Waals surface area contributed by atoms with Gasteiger partial charge in [0.15, 0.2) is 5.11 Å². The summed E-state index contributed by atoms with van der Waals surface area (Å²) >= 11 is 5.26. The standard InChI is InChI=1S/C27H25N3O4S2/c1-2-34-23-14-10-22(11-15-23)30-36(32,33)24-16-12-21(13-17-24)28-27(35)29-26(31)18-20-8-5-7-19-6-3-4-9-25(19)20/h3-17,30H,2,18H2,1H3,(H2,28,29,31,35). The first kappa shape index (κ1) is 25.2. The number of hydrogen-bond donors (Lipinski definition) is 3. The summed E-state index contributed by atoms with van der Waals surface area (Å²) in [6.07, 6.45) is 0.178. The molecule has 0 aliphatic carbocycles. The van der Waals surface area contributed by atoms with Crippen molar-refractivity contribution in [1.82, 2.24) is 5.32 Å². The van der Waals surface area contributed by atoms with Crippen molar-refractivity contribution >= 4 is 55.4 Å². The minimum atomic E-state index is -3.78. The van der Waals surface area contributed by atoms with Crippen molar-refractivity contribution in [2.75, 3.05) is 16.6 Å². The van der Waals surface area contributed by atoms with Crippen molar-refractivity contribution in [3.63, 3.8) is 0 Å². The predicted octanol–water partition coefficient (Wildman–Crippen LogP) is 5.10. The van der Waals surface area contributed by atoms with E-state index in [9.17, 15) is 13.2 Å². The maximum atomic E-state index is 12.7. The highest BCUT2D eigenvalue weighted by Crippen LogP contribution is 2.21. The second-order valence-electron chi connectivity index (χ2n) is 7.90. The molecule has 9 heteroatoms. The fourth-order valence-electron chi connectivity index (χ4n) is 3.67. The van der Waals surface area contributed by atoms with Crippen molar-refractivity contribution in [2.45, 2.75) is 18.2 Å². The minimum Gasteiger partial charge on any atom is -0.494 e. The van der Waals surface area contributed by atoms with E-state index in [0.717, 1.165) is 16.3 Å². The van der Waals surface area contributed by atoms with Crippen LogP contribution in [0, 0.1) is 0 Å². The Hall–Kier alpha value is -3.95. The quantitative estimate of drug-likeness (QED) is 0.281. The molecule has 0 atom stereocenters. The summed E-state index contributed by atoms with van der Waals surface area (Å²) in [6.45, 7) is 2.41. The van der Waals surface area contributed by atoms with Gasteiger partial charge in [-0.1, -0.05) is 42.5 Å². The van der Waals surface area contributed by atoms with E-state index in [-0.39, 0.29) is 22.3 Å². The number of hydrogen-bond acceptors (Lipinski definition) is 5. The lowest BCUT2D eigenvalue weighted by molar-refractivity contribution is -0.119. The van der Waals surface area contributed by atoms with E-state index in [1.54, 1.807) is 36.4 Å². The van der Waals surface area contributed by atoms with Crippen LogP contribution in [0.15, 0.2) is 95.9 Å². The molecule has 0 unspecified atom stereocenters. The van der Waals surface area contributed by atoms with Crippen molar-refractivity contribution in [1.29, 1.82) is 0 Å². The molecule has 0 radical (unpaired) electrons. The fourth-order valence-corrected chi connectivity index (χ4v) is 4.96. The largest absolute Gasteiger partial charge is 0.494 e. The highest BCUT2D eigenvalue weighted by Gasteiger charge is 2.15. The average Bonchev–Trinajstić information content (AvgIpc) is 2.86. The number of anilines is 2. The van der Waals surface area contributed by atoms with Crippen LogP contribution in [-0.4, -0.2) is 26.0 Å². The second-order valence-corrected chi connectivity index (χ2v) is 10.00. The number of ether oxygens (including phenoxy) is 1. The van der Waals surface area contributed by atoms with Crippen molar-refractivity contribution in [3.05, 3.63) is 96.6 Å². The molecule has 0 fully saturated rings. The molecule has 1 amide bonds. The van der Waals surface area contributed by atoms with E-state index in [0.29, 0.717) is 23.7 Å². The zero-order chi connectivity index (χ0) is 25.5. The van der Waals surface area contributed by atoms with Crippen LogP contribution in [0.25, 0.3) is 10.8 Å². The number of thiocarbonyl (C=S) groups is 1. The Labute approximate surface area is 215 Å². The lowest BCUT2D eigenvalue weighted by Gasteiger charge is -2.12. The Balaban J connectivity index is 1.34. The maximum Gasteiger partial charge on any atom is 0.261 e. The van der Waals surface area contributed by atoms with Crippen LogP contribution in [0.2, 0.25) is 0 Å². The summed E-state index contributed by atoms with van der Waals surface area (Å²) in [4.78, 5) is 12.6. The first-order valence-electron chi connectivity index (χ1n) is 11.3. The number of nitrogens with one attached hydrogen (secondary N) is 3. The summed E-state index contributed by atoms with van der Waals surface area (Å²) in [5, 5.41) is 7.80. The first-order valence-corrected chi connectivity index (χ1v) is 13.2. The number of carbonyl (C=O) groups excluding carboxylic acids is 1. The lowest BCUT2D eigenvalue weighted by atomic mass is 10.0. The molecule has 0 aliphatic rings. The Morgan fingerprint density at radius 2 is 1.53 bits per heavy atom. The van der Waals surface area contributed by atoms with E-state index in [2.05, 4.69) is 15.4 Å². The maximum absolute atomic E-state index is 12.7. The normalized spacial score (nSPS) is 11.0. The fraction of sp³-hybridized carbons (Fsp3) is 0.111. The monoisotopic (exact) mass is 519 g/mol. The highest BCUT2D eigenvalue weighted by atomic mass is 32.2. The van der Waals surface area contributed by atoms with Gasteiger partial charge in [-0.2, -0.15) is 0 Å². The van der Waals surface area contributed by atoms with Gasteiger partial charge in [0.2, 0.25) is 5.91 Å². The van der Waals surface area contributed by atoms with Gasteiger partial charge in [0.05, 0.1) is 17.9 Å². The van der Waals surface area contributed by atoms with Gasteiger partial charge in [0.1, 0.15) is 5.75 Å². The SMILES string of the molecule is CCOc1ccc(NS(=O)(=O)c2ccc(NC(=S)NC(=O)Cc3cccc4ccccc34)cc2)cc1. The van der Waals surface area contributed by atoms with Gasteiger partial charge >= 0.3 is 0 Å². The summed E-state index contributed by atoms with van der Waals surface area (Å²) in [7, 11) is -3.78. The number of benzene rings is 4. The molecule has 0 aromatic heterocycles. The van der Waals surface area contributed by atoms with Gasteiger partial charge < -0.3 is 15.4 Å². The third-order valence-corrected chi connectivity index (χ3v) is 6.93. The topological polar surface area (TPSA) is 96.5 Å². The van der Waals surface area contributed by atoms with Crippen LogP contribution in [0.1, 0.15) is 12.5 Å². The Morgan fingerprint density at radius 1 is 0.861 bits per heavy atom. The zero-order valence-corrected chi connectivity index (χ0v) is 21.2. The van der Waals surface area contributed by atoms with Crippen LogP contribution in [0.3, 0.4) is 0 Å².